The number of aliphatic hydroxyl groups is 1. The van der Waals surface area contributed by atoms with Crippen molar-refractivity contribution in [1.82, 2.24) is 9.80 Å². The van der Waals surface area contributed by atoms with E-state index in [4.69, 9.17) is 20.3 Å². The summed E-state index contributed by atoms with van der Waals surface area (Å²) in [5.74, 6) is 1.05. The van der Waals surface area contributed by atoms with E-state index in [1.807, 2.05) is 0 Å². The second-order valence-corrected chi connectivity index (χ2v) is 5.15. The van der Waals surface area contributed by atoms with Crippen molar-refractivity contribution in [2.45, 2.75) is 0 Å². The zero-order valence-electron chi connectivity index (χ0n) is 11.7. The molecule has 21 heavy (non-hydrogen) atoms. The maximum absolute atomic E-state index is 12.6. The summed E-state index contributed by atoms with van der Waals surface area (Å²) in [5.41, 5.74) is 6.81. The highest BCUT2D eigenvalue weighted by atomic mass is 16.7. The highest BCUT2D eigenvalue weighted by molar-refractivity contribution is 6.00. The van der Waals surface area contributed by atoms with E-state index in [0.29, 0.717) is 42.4 Å². The summed E-state index contributed by atoms with van der Waals surface area (Å²) in [6.45, 7) is 3.73. The van der Waals surface area contributed by atoms with Gasteiger partial charge < -0.3 is 25.2 Å². The molecule has 0 aromatic heterocycles. The van der Waals surface area contributed by atoms with Gasteiger partial charge in [-0.3, -0.25) is 9.69 Å². The first-order chi connectivity index (χ1) is 10.2. The predicted molar refractivity (Wildman–Crippen MR) is 76.4 cm³/mol. The number of hydrogen-bond acceptors (Lipinski definition) is 6. The number of fused-ring (bicyclic) bond motifs is 1. The van der Waals surface area contributed by atoms with Gasteiger partial charge in [-0.15, -0.1) is 0 Å². The standard InChI is InChI=1S/C14H19N3O4/c15-11-8-13-12(20-9-21-13)7-10(11)14(19)17-3-1-16(2-4-17)5-6-18/h7-8,18H,1-6,9,15H2. The van der Waals surface area contributed by atoms with E-state index in [-0.39, 0.29) is 19.3 Å². The second-order valence-electron chi connectivity index (χ2n) is 5.15. The molecule has 2 heterocycles. The molecule has 1 fully saturated rings. The number of nitrogens with zero attached hydrogens (tertiary/aromatic N) is 2. The number of piperazine rings is 1. The smallest absolute Gasteiger partial charge is 0.256 e. The van der Waals surface area contributed by atoms with Crippen molar-refractivity contribution in [3.8, 4) is 11.5 Å². The predicted octanol–water partition coefficient (Wildman–Crippen LogP) is -0.252. The number of benzene rings is 1. The number of anilines is 1. The second kappa shape index (κ2) is 5.79. The van der Waals surface area contributed by atoms with E-state index in [1.165, 1.54) is 0 Å². The molecule has 0 radical (unpaired) electrons. The first kappa shape index (κ1) is 14.0. The number of carbonyl (C=O) groups excluding carboxylic acids is 1. The number of carbonyl (C=O) groups is 1. The zero-order chi connectivity index (χ0) is 14.8. The molecule has 0 unspecified atom stereocenters. The molecule has 1 saturated heterocycles. The Morgan fingerprint density at radius 2 is 1.86 bits per heavy atom. The van der Waals surface area contributed by atoms with Crippen LogP contribution in [-0.2, 0) is 0 Å². The molecule has 1 amide bonds. The van der Waals surface area contributed by atoms with Crippen LogP contribution < -0.4 is 15.2 Å². The monoisotopic (exact) mass is 293 g/mol. The average molecular weight is 293 g/mol. The Balaban J connectivity index is 1.71. The minimum Gasteiger partial charge on any atom is -0.454 e. The van der Waals surface area contributed by atoms with E-state index in [2.05, 4.69) is 4.90 Å². The number of ether oxygens (including phenoxy) is 2. The van der Waals surface area contributed by atoms with Crippen molar-refractivity contribution in [1.29, 1.82) is 0 Å². The fourth-order valence-corrected chi connectivity index (χ4v) is 2.63. The van der Waals surface area contributed by atoms with Crippen LogP contribution in [0.5, 0.6) is 11.5 Å². The van der Waals surface area contributed by atoms with Gasteiger partial charge >= 0.3 is 0 Å². The summed E-state index contributed by atoms with van der Waals surface area (Å²) in [7, 11) is 0. The molecule has 7 nitrogen and oxygen atoms in total. The minimum absolute atomic E-state index is 0.0885. The van der Waals surface area contributed by atoms with E-state index in [0.717, 1.165) is 13.1 Å². The Labute approximate surface area is 122 Å². The van der Waals surface area contributed by atoms with Crippen molar-refractivity contribution in [2.24, 2.45) is 0 Å². The van der Waals surface area contributed by atoms with Gasteiger partial charge in [-0.2, -0.15) is 0 Å². The van der Waals surface area contributed by atoms with E-state index < -0.39 is 0 Å². The molecule has 0 aliphatic carbocycles. The van der Waals surface area contributed by atoms with Crippen LogP contribution in [0.25, 0.3) is 0 Å². The maximum Gasteiger partial charge on any atom is 0.256 e. The highest BCUT2D eigenvalue weighted by Crippen LogP contribution is 2.36. The van der Waals surface area contributed by atoms with Gasteiger partial charge in [0, 0.05) is 44.5 Å². The lowest BCUT2D eigenvalue weighted by Crippen LogP contribution is -2.49. The van der Waals surface area contributed by atoms with Gasteiger partial charge in [0.15, 0.2) is 11.5 Å². The number of nitrogen functional groups attached to an aromatic ring is 1. The van der Waals surface area contributed by atoms with Crippen LogP contribution in [-0.4, -0.2) is 66.9 Å². The molecule has 0 spiro atoms. The lowest BCUT2D eigenvalue weighted by molar-refractivity contribution is 0.0615. The van der Waals surface area contributed by atoms with Crippen molar-refractivity contribution < 1.29 is 19.4 Å². The van der Waals surface area contributed by atoms with Crippen LogP contribution in [0.2, 0.25) is 0 Å². The van der Waals surface area contributed by atoms with Crippen molar-refractivity contribution in [2.75, 3.05) is 51.9 Å². The molecule has 1 aromatic rings. The third-order valence-corrected chi connectivity index (χ3v) is 3.85. The van der Waals surface area contributed by atoms with Crippen LogP contribution in [0.4, 0.5) is 5.69 Å². The molecule has 1 aromatic carbocycles. The van der Waals surface area contributed by atoms with Crippen molar-refractivity contribution in [3.63, 3.8) is 0 Å². The Morgan fingerprint density at radius 3 is 2.52 bits per heavy atom. The van der Waals surface area contributed by atoms with Gasteiger partial charge in [-0.05, 0) is 6.07 Å². The Hall–Kier alpha value is -1.99. The summed E-state index contributed by atoms with van der Waals surface area (Å²) < 4.78 is 10.5. The van der Waals surface area contributed by atoms with Gasteiger partial charge in [0.1, 0.15) is 0 Å². The zero-order valence-corrected chi connectivity index (χ0v) is 11.7. The van der Waals surface area contributed by atoms with Gasteiger partial charge in [0.25, 0.3) is 5.91 Å². The summed E-state index contributed by atoms with van der Waals surface area (Å²) in [6, 6.07) is 3.29. The first-order valence-corrected chi connectivity index (χ1v) is 7.00. The molecular formula is C14H19N3O4. The molecule has 3 N–H and O–H groups in total. The molecule has 3 rings (SSSR count). The number of rotatable bonds is 3. The Morgan fingerprint density at radius 1 is 1.19 bits per heavy atom. The molecule has 2 aliphatic heterocycles. The first-order valence-electron chi connectivity index (χ1n) is 7.00. The molecule has 7 heteroatoms. The van der Waals surface area contributed by atoms with Crippen molar-refractivity contribution >= 4 is 11.6 Å². The van der Waals surface area contributed by atoms with Crippen LogP contribution in [0.15, 0.2) is 12.1 Å². The molecule has 0 atom stereocenters. The normalized spacial score (nSPS) is 18.0. The van der Waals surface area contributed by atoms with Crippen LogP contribution in [0.1, 0.15) is 10.4 Å². The summed E-state index contributed by atoms with van der Waals surface area (Å²) in [5, 5.41) is 8.93. The minimum atomic E-state index is -0.0885. The van der Waals surface area contributed by atoms with E-state index >= 15 is 0 Å². The number of amides is 1. The summed E-state index contributed by atoms with van der Waals surface area (Å²) >= 11 is 0. The molecular weight excluding hydrogens is 274 g/mol. The molecule has 0 saturated carbocycles. The fourth-order valence-electron chi connectivity index (χ4n) is 2.63. The molecule has 0 bridgehead atoms. The number of β-amino-alcohol motifs (C(OH)–C–C–N with tert-alkyl or cyclic N) is 1. The summed E-state index contributed by atoms with van der Waals surface area (Å²) in [6.07, 6.45) is 0. The van der Waals surface area contributed by atoms with Crippen LogP contribution in [0.3, 0.4) is 0 Å². The molecule has 2 aliphatic rings. The largest absolute Gasteiger partial charge is 0.454 e. The number of nitrogens with two attached hydrogens (primary N) is 1. The summed E-state index contributed by atoms with van der Waals surface area (Å²) in [4.78, 5) is 16.5. The van der Waals surface area contributed by atoms with E-state index in [1.54, 1.807) is 17.0 Å². The van der Waals surface area contributed by atoms with Gasteiger partial charge in [0.05, 0.1) is 12.2 Å². The number of hydrogen-bond donors (Lipinski definition) is 2. The van der Waals surface area contributed by atoms with E-state index in [9.17, 15) is 4.79 Å². The van der Waals surface area contributed by atoms with Gasteiger partial charge in [0.2, 0.25) is 6.79 Å². The maximum atomic E-state index is 12.6. The highest BCUT2D eigenvalue weighted by Gasteiger charge is 2.25. The Bertz CT molecular complexity index is 541. The lowest BCUT2D eigenvalue weighted by atomic mass is 10.1. The fraction of sp³-hybridized carbons (Fsp3) is 0.500. The molecule has 114 valence electrons. The third kappa shape index (κ3) is 2.74. The SMILES string of the molecule is Nc1cc2c(cc1C(=O)N1CCN(CCO)CC1)OCO2. The van der Waals surface area contributed by atoms with Crippen LogP contribution in [0, 0.1) is 0 Å². The van der Waals surface area contributed by atoms with Gasteiger partial charge in [-0.1, -0.05) is 0 Å². The van der Waals surface area contributed by atoms with Crippen LogP contribution >= 0.6 is 0 Å². The third-order valence-electron chi connectivity index (χ3n) is 3.85. The average Bonchev–Trinajstić information content (AvgIpc) is 2.94. The van der Waals surface area contributed by atoms with Gasteiger partial charge in [-0.25, -0.2) is 0 Å². The Kier molecular flexibility index (Phi) is 3.85. The number of aliphatic hydroxyl groups excluding tert-OH is 1. The quantitative estimate of drug-likeness (QED) is 0.747. The topological polar surface area (TPSA) is 88.3 Å². The van der Waals surface area contributed by atoms with Crippen molar-refractivity contribution in [3.05, 3.63) is 17.7 Å². The lowest BCUT2D eigenvalue weighted by Gasteiger charge is -2.34.